The molecule has 0 aliphatic heterocycles. The third-order valence-corrected chi connectivity index (χ3v) is 3.56. The van der Waals surface area contributed by atoms with Crippen molar-refractivity contribution < 1.29 is 4.79 Å². The first-order chi connectivity index (χ1) is 7.17. The summed E-state index contributed by atoms with van der Waals surface area (Å²) in [4.78, 5) is 13.3. The van der Waals surface area contributed by atoms with Gasteiger partial charge in [-0.2, -0.15) is 0 Å². The van der Waals surface area contributed by atoms with Crippen LogP contribution in [-0.2, 0) is 4.79 Å². The number of amides is 1. The first-order valence-corrected chi connectivity index (χ1v) is 6.14. The molecule has 0 spiro atoms. The molecule has 1 aliphatic rings. The van der Waals surface area contributed by atoms with Crippen molar-refractivity contribution in [2.75, 3.05) is 20.1 Å². The van der Waals surface area contributed by atoms with E-state index in [1.54, 1.807) is 4.90 Å². The molecule has 1 aliphatic carbocycles. The molecule has 1 rings (SSSR count). The highest BCUT2D eigenvalue weighted by Gasteiger charge is 2.23. The highest BCUT2D eigenvalue weighted by atomic mass is 16.2. The van der Waals surface area contributed by atoms with Crippen LogP contribution >= 0.6 is 0 Å². The van der Waals surface area contributed by atoms with Gasteiger partial charge in [0.15, 0.2) is 0 Å². The van der Waals surface area contributed by atoms with Gasteiger partial charge in [-0.15, -0.1) is 0 Å². The predicted molar refractivity (Wildman–Crippen MR) is 62.7 cm³/mol. The molecule has 2 unspecified atom stereocenters. The molecule has 88 valence electrons. The van der Waals surface area contributed by atoms with Crippen LogP contribution in [0.2, 0.25) is 0 Å². The van der Waals surface area contributed by atoms with Gasteiger partial charge in [-0.1, -0.05) is 13.3 Å². The van der Waals surface area contributed by atoms with E-state index in [0.717, 1.165) is 12.5 Å². The number of nitrogens with one attached hydrogen (secondary N) is 1. The lowest BCUT2D eigenvalue weighted by Gasteiger charge is -2.17. The average molecular weight is 212 g/mol. The minimum atomic E-state index is 0.206. The summed E-state index contributed by atoms with van der Waals surface area (Å²) in [5.74, 6) is 1.08. The van der Waals surface area contributed by atoms with E-state index in [9.17, 15) is 4.79 Å². The molecular formula is C12H24N2O. The van der Waals surface area contributed by atoms with E-state index < -0.39 is 0 Å². The summed E-state index contributed by atoms with van der Waals surface area (Å²) in [6, 6.07) is 0.573. The maximum atomic E-state index is 11.5. The molecule has 3 heteroatoms. The molecule has 0 saturated heterocycles. The van der Waals surface area contributed by atoms with Crippen molar-refractivity contribution in [1.29, 1.82) is 0 Å². The van der Waals surface area contributed by atoms with Crippen LogP contribution in [0.3, 0.4) is 0 Å². The summed E-state index contributed by atoms with van der Waals surface area (Å²) in [6.45, 7) is 5.55. The standard InChI is InChI=1S/C12H24N2O/c1-4-10-6-7-11(8-10)13-9-12(15)14(3)5-2/h10-11,13H,4-9H2,1-3H3. The largest absolute Gasteiger partial charge is 0.345 e. The Labute approximate surface area is 93.2 Å². The van der Waals surface area contributed by atoms with Crippen LogP contribution in [0.25, 0.3) is 0 Å². The van der Waals surface area contributed by atoms with E-state index in [1.807, 2.05) is 14.0 Å². The van der Waals surface area contributed by atoms with Gasteiger partial charge < -0.3 is 10.2 Å². The number of likely N-dealkylation sites (N-methyl/N-ethyl adjacent to an activating group) is 1. The summed E-state index contributed by atoms with van der Waals surface area (Å²) in [5.41, 5.74) is 0. The van der Waals surface area contributed by atoms with Crippen molar-refractivity contribution >= 4 is 5.91 Å². The Hall–Kier alpha value is -0.570. The SMILES string of the molecule is CCC1CCC(NCC(=O)N(C)CC)C1. The summed E-state index contributed by atoms with van der Waals surface area (Å²) >= 11 is 0. The molecule has 0 heterocycles. The predicted octanol–water partition coefficient (Wildman–Crippen LogP) is 1.63. The van der Waals surface area contributed by atoms with E-state index in [4.69, 9.17) is 0 Å². The van der Waals surface area contributed by atoms with Gasteiger partial charge in [0.2, 0.25) is 5.91 Å². The fraction of sp³-hybridized carbons (Fsp3) is 0.917. The molecule has 0 bridgehead atoms. The van der Waals surface area contributed by atoms with Gasteiger partial charge in [0.05, 0.1) is 6.54 Å². The Morgan fingerprint density at radius 3 is 2.67 bits per heavy atom. The van der Waals surface area contributed by atoms with Gasteiger partial charge in [-0.3, -0.25) is 4.79 Å². The first-order valence-electron chi connectivity index (χ1n) is 6.14. The number of hydrogen-bond donors (Lipinski definition) is 1. The van der Waals surface area contributed by atoms with Crippen molar-refractivity contribution in [2.45, 2.75) is 45.6 Å². The fourth-order valence-electron chi connectivity index (χ4n) is 2.17. The van der Waals surface area contributed by atoms with Crippen LogP contribution in [0.1, 0.15) is 39.5 Å². The van der Waals surface area contributed by atoms with Crippen molar-refractivity contribution in [3.63, 3.8) is 0 Å². The molecule has 0 radical (unpaired) electrons. The zero-order valence-corrected chi connectivity index (χ0v) is 10.3. The maximum Gasteiger partial charge on any atom is 0.236 e. The first kappa shape index (κ1) is 12.5. The van der Waals surface area contributed by atoms with E-state index >= 15 is 0 Å². The normalized spacial score (nSPS) is 25.5. The highest BCUT2D eigenvalue weighted by molar-refractivity contribution is 5.77. The van der Waals surface area contributed by atoms with Crippen molar-refractivity contribution in [3.8, 4) is 0 Å². The van der Waals surface area contributed by atoms with Crippen LogP contribution in [-0.4, -0.2) is 37.0 Å². The van der Waals surface area contributed by atoms with Crippen molar-refractivity contribution in [3.05, 3.63) is 0 Å². The molecule has 1 fully saturated rings. The van der Waals surface area contributed by atoms with E-state index in [1.165, 1.54) is 25.7 Å². The quantitative estimate of drug-likeness (QED) is 0.751. The van der Waals surface area contributed by atoms with Crippen LogP contribution < -0.4 is 5.32 Å². The molecule has 2 atom stereocenters. The topological polar surface area (TPSA) is 32.3 Å². The molecule has 1 amide bonds. The highest BCUT2D eigenvalue weighted by Crippen LogP contribution is 2.27. The van der Waals surface area contributed by atoms with Crippen LogP contribution in [0.4, 0.5) is 0 Å². The molecular weight excluding hydrogens is 188 g/mol. The molecule has 15 heavy (non-hydrogen) atoms. The Kier molecular flexibility index (Phi) is 5.09. The Morgan fingerprint density at radius 2 is 2.13 bits per heavy atom. The van der Waals surface area contributed by atoms with Gasteiger partial charge in [-0.25, -0.2) is 0 Å². The number of hydrogen-bond acceptors (Lipinski definition) is 2. The smallest absolute Gasteiger partial charge is 0.236 e. The molecule has 1 saturated carbocycles. The van der Waals surface area contributed by atoms with Gasteiger partial charge >= 0.3 is 0 Å². The zero-order valence-electron chi connectivity index (χ0n) is 10.3. The minimum absolute atomic E-state index is 0.206. The molecule has 1 N–H and O–H groups in total. The van der Waals surface area contributed by atoms with Crippen molar-refractivity contribution in [2.24, 2.45) is 5.92 Å². The monoisotopic (exact) mass is 212 g/mol. The summed E-state index contributed by atoms with van der Waals surface area (Å²) in [7, 11) is 1.85. The Morgan fingerprint density at radius 1 is 1.40 bits per heavy atom. The summed E-state index contributed by atoms with van der Waals surface area (Å²) < 4.78 is 0. The number of rotatable bonds is 5. The van der Waals surface area contributed by atoms with Crippen LogP contribution in [0.15, 0.2) is 0 Å². The van der Waals surface area contributed by atoms with E-state index in [0.29, 0.717) is 12.6 Å². The van der Waals surface area contributed by atoms with Gasteiger partial charge in [0.1, 0.15) is 0 Å². The molecule has 0 aromatic carbocycles. The second kappa shape index (κ2) is 6.11. The summed E-state index contributed by atoms with van der Waals surface area (Å²) in [5, 5.41) is 3.37. The van der Waals surface area contributed by atoms with Crippen LogP contribution in [0, 0.1) is 5.92 Å². The lowest BCUT2D eigenvalue weighted by atomic mass is 10.1. The molecule has 3 nitrogen and oxygen atoms in total. The molecule has 0 aromatic heterocycles. The number of carbonyl (C=O) groups excluding carboxylic acids is 1. The third kappa shape index (κ3) is 3.82. The van der Waals surface area contributed by atoms with E-state index in [-0.39, 0.29) is 5.91 Å². The summed E-state index contributed by atoms with van der Waals surface area (Å²) in [6.07, 6.45) is 5.09. The second-order valence-corrected chi connectivity index (χ2v) is 4.57. The lowest BCUT2D eigenvalue weighted by molar-refractivity contribution is -0.128. The van der Waals surface area contributed by atoms with Gasteiger partial charge in [0.25, 0.3) is 0 Å². The molecule has 0 aromatic rings. The maximum absolute atomic E-state index is 11.5. The van der Waals surface area contributed by atoms with Gasteiger partial charge in [0, 0.05) is 19.6 Å². The van der Waals surface area contributed by atoms with Crippen LogP contribution in [0.5, 0.6) is 0 Å². The average Bonchev–Trinajstić information content (AvgIpc) is 2.72. The third-order valence-electron chi connectivity index (χ3n) is 3.56. The number of carbonyl (C=O) groups is 1. The minimum Gasteiger partial charge on any atom is -0.345 e. The second-order valence-electron chi connectivity index (χ2n) is 4.57. The number of nitrogens with zero attached hydrogens (tertiary/aromatic N) is 1. The van der Waals surface area contributed by atoms with Crippen molar-refractivity contribution in [1.82, 2.24) is 10.2 Å². The van der Waals surface area contributed by atoms with Gasteiger partial charge in [-0.05, 0) is 32.1 Å². The zero-order chi connectivity index (χ0) is 11.3. The fourth-order valence-corrected chi connectivity index (χ4v) is 2.17. The lowest BCUT2D eigenvalue weighted by Crippen LogP contribution is -2.39. The van der Waals surface area contributed by atoms with E-state index in [2.05, 4.69) is 12.2 Å². The Bertz CT molecular complexity index is 206. The Balaban J connectivity index is 2.18.